The molecule has 0 radical (unpaired) electrons. The van der Waals surface area contributed by atoms with Crippen molar-refractivity contribution in [3.05, 3.63) is 95.1 Å². The van der Waals surface area contributed by atoms with Gasteiger partial charge in [-0.3, -0.25) is 4.79 Å². The molecular weight excluding hydrogens is 378 g/mol. The molecule has 1 heterocycles. The van der Waals surface area contributed by atoms with Crippen molar-refractivity contribution in [2.45, 2.75) is 32.6 Å². The van der Waals surface area contributed by atoms with Crippen LogP contribution in [-0.4, -0.2) is 12.7 Å². The van der Waals surface area contributed by atoms with Crippen molar-refractivity contribution in [3.63, 3.8) is 0 Å². The molecule has 3 aromatic carbocycles. The molecular formula is C25H25NO4. The number of benzene rings is 3. The van der Waals surface area contributed by atoms with Crippen LogP contribution in [0.1, 0.15) is 28.7 Å². The largest absolute Gasteiger partial charge is 0.454 e. The molecule has 30 heavy (non-hydrogen) atoms. The Balaban J connectivity index is 1.17. The first-order valence-corrected chi connectivity index (χ1v) is 10.1. The average molecular weight is 403 g/mol. The fourth-order valence-electron chi connectivity index (χ4n) is 3.26. The quantitative estimate of drug-likeness (QED) is 0.576. The molecule has 0 saturated carbocycles. The number of nitrogens with one attached hydrogen (secondary N) is 1. The van der Waals surface area contributed by atoms with Gasteiger partial charge < -0.3 is 19.5 Å². The molecule has 0 bridgehead atoms. The smallest absolute Gasteiger partial charge is 0.231 e. The molecule has 1 N–H and O–H groups in total. The van der Waals surface area contributed by atoms with Crippen LogP contribution < -0.4 is 14.8 Å². The van der Waals surface area contributed by atoms with Crippen molar-refractivity contribution in [2.75, 3.05) is 6.79 Å². The first-order valence-electron chi connectivity index (χ1n) is 10.1. The zero-order chi connectivity index (χ0) is 20.6. The zero-order valence-corrected chi connectivity index (χ0v) is 16.8. The molecule has 0 saturated heterocycles. The van der Waals surface area contributed by atoms with Crippen molar-refractivity contribution < 1.29 is 19.0 Å². The summed E-state index contributed by atoms with van der Waals surface area (Å²) in [7, 11) is 0. The Morgan fingerprint density at radius 3 is 2.27 bits per heavy atom. The highest BCUT2D eigenvalue weighted by atomic mass is 16.7. The van der Waals surface area contributed by atoms with Gasteiger partial charge in [-0.2, -0.15) is 0 Å². The van der Waals surface area contributed by atoms with E-state index in [1.165, 1.54) is 0 Å². The molecule has 0 fully saturated rings. The van der Waals surface area contributed by atoms with E-state index in [4.69, 9.17) is 14.2 Å². The lowest BCUT2D eigenvalue weighted by molar-refractivity contribution is -0.121. The lowest BCUT2D eigenvalue weighted by Gasteiger charge is -2.08. The van der Waals surface area contributed by atoms with E-state index in [-0.39, 0.29) is 12.7 Å². The first-order chi connectivity index (χ1) is 14.8. The molecule has 0 aliphatic carbocycles. The Hall–Kier alpha value is -3.31. The highest BCUT2D eigenvalue weighted by molar-refractivity contribution is 5.76. The third kappa shape index (κ3) is 5.61. The van der Waals surface area contributed by atoms with Crippen LogP contribution in [0, 0.1) is 0 Å². The molecule has 1 amide bonds. The number of fused-ring (bicyclic) bond motifs is 1. The van der Waals surface area contributed by atoms with Gasteiger partial charge in [0.05, 0.1) is 13.2 Å². The Kier molecular flexibility index (Phi) is 6.62. The number of amides is 1. The van der Waals surface area contributed by atoms with Crippen LogP contribution in [0.2, 0.25) is 0 Å². The maximum Gasteiger partial charge on any atom is 0.231 e. The van der Waals surface area contributed by atoms with Crippen molar-refractivity contribution in [1.82, 2.24) is 5.32 Å². The molecule has 0 atom stereocenters. The summed E-state index contributed by atoms with van der Waals surface area (Å²) in [5.74, 6) is 1.54. The molecule has 0 unspecified atom stereocenters. The van der Waals surface area contributed by atoms with Crippen molar-refractivity contribution in [3.8, 4) is 11.5 Å². The Morgan fingerprint density at radius 1 is 0.800 bits per heavy atom. The summed E-state index contributed by atoms with van der Waals surface area (Å²) in [6, 6.07) is 24.1. The Bertz CT molecular complexity index is 970. The van der Waals surface area contributed by atoms with E-state index in [0.29, 0.717) is 32.6 Å². The van der Waals surface area contributed by atoms with Crippen LogP contribution in [0.15, 0.2) is 72.8 Å². The average Bonchev–Trinajstić information content (AvgIpc) is 3.26. The number of hydrogen-bond donors (Lipinski definition) is 1. The highest BCUT2D eigenvalue weighted by Crippen LogP contribution is 2.32. The van der Waals surface area contributed by atoms with E-state index in [0.717, 1.165) is 33.8 Å². The molecule has 1 aliphatic rings. The lowest BCUT2D eigenvalue weighted by Crippen LogP contribution is -2.23. The summed E-state index contributed by atoms with van der Waals surface area (Å²) in [5, 5.41) is 2.98. The molecule has 5 nitrogen and oxygen atoms in total. The number of carbonyl (C=O) groups is 1. The van der Waals surface area contributed by atoms with Gasteiger partial charge in [-0.1, -0.05) is 60.7 Å². The fourth-order valence-corrected chi connectivity index (χ4v) is 3.26. The zero-order valence-electron chi connectivity index (χ0n) is 16.8. The van der Waals surface area contributed by atoms with Crippen molar-refractivity contribution in [1.29, 1.82) is 0 Å². The van der Waals surface area contributed by atoms with Crippen LogP contribution in [0.5, 0.6) is 11.5 Å². The minimum atomic E-state index is 0.0305. The van der Waals surface area contributed by atoms with Gasteiger partial charge in [-0.25, -0.2) is 0 Å². The molecule has 0 spiro atoms. The van der Waals surface area contributed by atoms with Crippen molar-refractivity contribution >= 4 is 5.91 Å². The van der Waals surface area contributed by atoms with Gasteiger partial charge in [-0.05, 0) is 40.8 Å². The highest BCUT2D eigenvalue weighted by Gasteiger charge is 2.13. The van der Waals surface area contributed by atoms with Crippen LogP contribution in [0.3, 0.4) is 0 Å². The third-order valence-corrected chi connectivity index (χ3v) is 4.97. The minimum Gasteiger partial charge on any atom is -0.454 e. The standard InChI is InChI=1S/C25H25NO4/c27-25(13-11-19-10-12-23-24(14-19)30-18-29-23)26-15-20-6-8-22(9-7-20)17-28-16-21-4-2-1-3-5-21/h1-10,12,14H,11,13,15-18H2,(H,26,27). The summed E-state index contributed by atoms with van der Waals surface area (Å²) in [4.78, 5) is 12.2. The van der Waals surface area contributed by atoms with E-state index < -0.39 is 0 Å². The van der Waals surface area contributed by atoms with Crippen LogP contribution >= 0.6 is 0 Å². The fraction of sp³-hybridized carbons (Fsp3) is 0.240. The number of hydrogen-bond acceptors (Lipinski definition) is 4. The maximum absolute atomic E-state index is 12.2. The number of rotatable bonds is 9. The maximum atomic E-state index is 12.2. The monoisotopic (exact) mass is 403 g/mol. The SMILES string of the molecule is O=C(CCc1ccc2c(c1)OCO2)NCc1ccc(COCc2ccccc2)cc1. The molecule has 5 heteroatoms. The predicted octanol–water partition coefficient (Wildman–Crippen LogP) is 4.38. The van der Waals surface area contributed by atoms with Gasteiger partial charge in [0.1, 0.15) is 0 Å². The first kappa shape index (κ1) is 20.0. The third-order valence-electron chi connectivity index (χ3n) is 4.97. The van der Waals surface area contributed by atoms with E-state index in [1.807, 2.05) is 60.7 Å². The summed E-state index contributed by atoms with van der Waals surface area (Å²) in [5.41, 5.74) is 4.41. The Labute approximate surface area is 176 Å². The molecule has 3 aromatic rings. The van der Waals surface area contributed by atoms with Crippen LogP contribution in [0.25, 0.3) is 0 Å². The summed E-state index contributed by atoms with van der Waals surface area (Å²) < 4.78 is 16.4. The molecule has 1 aliphatic heterocycles. The van der Waals surface area contributed by atoms with E-state index in [9.17, 15) is 4.79 Å². The molecule has 154 valence electrons. The van der Waals surface area contributed by atoms with Crippen LogP contribution in [0.4, 0.5) is 0 Å². The van der Waals surface area contributed by atoms with Gasteiger partial charge in [0, 0.05) is 13.0 Å². The number of carbonyl (C=O) groups excluding carboxylic acids is 1. The molecule has 4 rings (SSSR count). The molecule has 0 aromatic heterocycles. The summed E-state index contributed by atoms with van der Waals surface area (Å²) in [6.45, 7) is 1.95. The number of aryl methyl sites for hydroxylation is 1. The second-order valence-electron chi connectivity index (χ2n) is 7.26. The second kappa shape index (κ2) is 9.94. The Morgan fingerprint density at radius 2 is 1.47 bits per heavy atom. The summed E-state index contributed by atoms with van der Waals surface area (Å²) >= 11 is 0. The predicted molar refractivity (Wildman–Crippen MR) is 114 cm³/mol. The minimum absolute atomic E-state index is 0.0305. The van der Waals surface area contributed by atoms with E-state index in [2.05, 4.69) is 17.4 Å². The van der Waals surface area contributed by atoms with Crippen LogP contribution in [-0.2, 0) is 35.7 Å². The van der Waals surface area contributed by atoms with Crippen molar-refractivity contribution in [2.24, 2.45) is 0 Å². The van der Waals surface area contributed by atoms with Gasteiger partial charge in [0.15, 0.2) is 11.5 Å². The normalized spacial score (nSPS) is 12.0. The van der Waals surface area contributed by atoms with Gasteiger partial charge in [0.2, 0.25) is 12.7 Å². The lowest BCUT2D eigenvalue weighted by atomic mass is 10.1. The van der Waals surface area contributed by atoms with Gasteiger partial charge >= 0.3 is 0 Å². The number of ether oxygens (including phenoxy) is 3. The van der Waals surface area contributed by atoms with Gasteiger partial charge in [-0.15, -0.1) is 0 Å². The summed E-state index contributed by atoms with van der Waals surface area (Å²) in [6.07, 6.45) is 1.10. The van der Waals surface area contributed by atoms with E-state index >= 15 is 0 Å². The van der Waals surface area contributed by atoms with E-state index in [1.54, 1.807) is 0 Å². The second-order valence-corrected chi connectivity index (χ2v) is 7.26. The topological polar surface area (TPSA) is 56.8 Å². The van der Waals surface area contributed by atoms with Gasteiger partial charge in [0.25, 0.3) is 0 Å².